The van der Waals surface area contributed by atoms with Crippen molar-refractivity contribution in [3.8, 4) is 5.75 Å². The van der Waals surface area contributed by atoms with Gasteiger partial charge in [-0.1, -0.05) is 31.2 Å². The average molecular weight is 329 g/mol. The van der Waals surface area contributed by atoms with Crippen LogP contribution in [-0.4, -0.2) is 18.0 Å². The van der Waals surface area contributed by atoms with Crippen molar-refractivity contribution >= 4 is 27.4 Å². The number of nitrogens with two attached hydrogens (primary N) is 1. The van der Waals surface area contributed by atoms with Crippen molar-refractivity contribution in [2.75, 3.05) is 19.4 Å². The van der Waals surface area contributed by atoms with E-state index in [2.05, 4.69) is 28.7 Å². The maximum atomic E-state index is 5.58. The first-order valence-corrected chi connectivity index (χ1v) is 8.45. The first-order chi connectivity index (χ1) is 11.2. The summed E-state index contributed by atoms with van der Waals surface area (Å²) in [4.78, 5) is 0. The van der Waals surface area contributed by atoms with Crippen molar-refractivity contribution in [1.29, 1.82) is 0 Å². The molecular weight excluding hydrogens is 306 g/mol. The molecule has 0 atom stereocenters. The number of ether oxygens (including phenoxy) is 1. The van der Waals surface area contributed by atoms with Crippen LogP contribution in [0.15, 0.2) is 48.5 Å². The van der Waals surface area contributed by atoms with E-state index in [0.29, 0.717) is 5.82 Å². The number of fused-ring (bicyclic) bond motifs is 1. The second-order valence-electron chi connectivity index (χ2n) is 5.09. The summed E-state index contributed by atoms with van der Waals surface area (Å²) in [6, 6.07) is 16.1. The Morgan fingerprint density at radius 1 is 1.17 bits per heavy atom. The minimum atomic E-state index is 0.639. The van der Waals surface area contributed by atoms with Crippen LogP contribution in [0.2, 0.25) is 0 Å². The van der Waals surface area contributed by atoms with Gasteiger partial charge in [-0.2, -0.15) is 4.37 Å². The number of aromatic nitrogens is 1. The van der Waals surface area contributed by atoms with Crippen molar-refractivity contribution in [2.24, 2.45) is 0 Å². The second kappa shape index (κ2) is 9.12. The smallest absolute Gasteiger partial charge is 0.144 e. The van der Waals surface area contributed by atoms with Crippen molar-refractivity contribution in [2.45, 2.75) is 19.9 Å². The van der Waals surface area contributed by atoms with Crippen LogP contribution in [0.1, 0.15) is 18.9 Å². The fourth-order valence-electron chi connectivity index (χ4n) is 2.10. The molecule has 3 rings (SSSR count). The largest absolute Gasteiger partial charge is 0.497 e. The van der Waals surface area contributed by atoms with Gasteiger partial charge in [0, 0.05) is 11.9 Å². The van der Waals surface area contributed by atoms with Crippen LogP contribution < -0.4 is 15.8 Å². The standard InChI is InChI=1S/C11H17NO.C7H6N2S/c1-3-7-12-9-10-5-4-6-11(8-10)13-2;8-7-5-3-1-2-4-6(5)10-9-7/h4-6,8,12H,3,7,9H2,1-2H3;1-4H,(H2,8,9). The fraction of sp³-hybridized carbons (Fsp3) is 0.278. The zero-order valence-electron chi connectivity index (χ0n) is 13.6. The Balaban J connectivity index is 0.000000172. The highest BCUT2D eigenvalue weighted by Crippen LogP contribution is 2.23. The Kier molecular flexibility index (Phi) is 6.84. The SMILES string of the molecule is CCCNCc1cccc(OC)c1.Nc1nsc2ccccc12. The number of hydrogen-bond donors (Lipinski definition) is 2. The van der Waals surface area contributed by atoms with E-state index in [9.17, 15) is 0 Å². The Labute approximate surface area is 141 Å². The Hall–Kier alpha value is -2.11. The molecule has 4 nitrogen and oxygen atoms in total. The van der Waals surface area contributed by atoms with Gasteiger partial charge in [-0.3, -0.25) is 0 Å². The topological polar surface area (TPSA) is 60.2 Å². The molecule has 0 amide bonds. The van der Waals surface area contributed by atoms with Crippen LogP contribution in [0.25, 0.3) is 10.1 Å². The quantitative estimate of drug-likeness (QED) is 0.693. The summed E-state index contributed by atoms with van der Waals surface area (Å²) in [7, 11) is 1.69. The van der Waals surface area contributed by atoms with E-state index in [4.69, 9.17) is 10.5 Å². The third-order valence-corrected chi connectivity index (χ3v) is 4.14. The summed E-state index contributed by atoms with van der Waals surface area (Å²) in [6.07, 6.45) is 1.17. The molecule has 3 N–H and O–H groups in total. The van der Waals surface area contributed by atoms with E-state index in [1.54, 1.807) is 7.11 Å². The molecule has 3 aromatic rings. The van der Waals surface area contributed by atoms with E-state index in [0.717, 1.165) is 28.9 Å². The minimum Gasteiger partial charge on any atom is -0.497 e. The van der Waals surface area contributed by atoms with Gasteiger partial charge in [-0.05, 0) is 54.3 Å². The molecular formula is C18H23N3OS. The normalized spacial score (nSPS) is 10.2. The minimum absolute atomic E-state index is 0.639. The predicted molar refractivity (Wildman–Crippen MR) is 99.0 cm³/mol. The van der Waals surface area contributed by atoms with Crippen molar-refractivity contribution in [1.82, 2.24) is 9.69 Å². The van der Waals surface area contributed by atoms with E-state index in [-0.39, 0.29) is 0 Å². The first-order valence-electron chi connectivity index (χ1n) is 7.68. The monoisotopic (exact) mass is 329 g/mol. The molecule has 122 valence electrons. The molecule has 0 bridgehead atoms. The van der Waals surface area contributed by atoms with Crippen LogP contribution >= 0.6 is 11.5 Å². The van der Waals surface area contributed by atoms with Gasteiger partial charge in [0.2, 0.25) is 0 Å². The van der Waals surface area contributed by atoms with Crippen molar-refractivity contribution < 1.29 is 4.74 Å². The summed E-state index contributed by atoms with van der Waals surface area (Å²) >= 11 is 1.44. The molecule has 5 heteroatoms. The Bertz CT molecular complexity index is 727. The van der Waals surface area contributed by atoms with Crippen LogP contribution in [0.3, 0.4) is 0 Å². The van der Waals surface area contributed by atoms with Gasteiger partial charge in [-0.15, -0.1) is 0 Å². The van der Waals surface area contributed by atoms with Crippen LogP contribution in [-0.2, 0) is 6.54 Å². The highest BCUT2D eigenvalue weighted by molar-refractivity contribution is 7.13. The highest BCUT2D eigenvalue weighted by atomic mass is 32.1. The Morgan fingerprint density at radius 2 is 2.00 bits per heavy atom. The molecule has 0 aliphatic carbocycles. The number of nitrogens with one attached hydrogen (secondary N) is 1. The van der Waals surface area contributed by atoms with Crippen LogP contribution in [0, 0.1) is 0 Å². The molecule has 23 heavy (non-hydrogen) atoms. The third-order valence-electron chi connectivity index (χ3n) is 3.30. The Morgan fingerprint density at radius 3 is 2.74 bits per heavy atom. The van der Waals surface area contributed by atoms with Gasteiger partial charge in [0.1, 0.15) is 11.6 Å². The fourth-order valence-corrected chi connectivity index (χ4v) is 2.80. The lowest BCUT2D eigenvalue weighted by atomic mass is 10.2. The average Bonchev–Trinajstić information content (AvgIpc) is 2.98. The van der Waals surface area contributed by atoms with Gasteiger partial charge in [0.15, 0.2) is 0 Å². The molecule has 0 unspecified atom stereocenters. The number of nitrogens with zero attached hydrogens (tertiary/aromatic N) is 1. The van der Waals surface area contributed by atoms with Crippen LogP contribution in [0.5, 0.6) is 5.75 Å². The summed E-state index contributed by atoms with van der Waals surface area (Å²) in [5, 5.41) is 4.41. The van der Waals surface area contributed by atoms with Gasteiger partial charge >= 0.3 is 0 Å². The lowest BCUT2D eigenvalue weighted by Gasteiger charge is -2.05. The molecule has 0 saturated heterocycles. The zero-order chi connectivity index (χ0) is 16.5. The van der Waals surface area contributed by atoms with E-state index < -0.39 is 0 Å². The van der Waals surface area contributed by atoms with E-state index in [1.807, 2.05) is 36.4 Å². The number of anilines is 1. The molecule has 0 radical (unpaired) electrons. The number of nitrogen functional groups attached to an aromatic ring is 1. The van der Waals surface area contributed by atoms with Gasteiger partial charge < -0.3 is 15.8 Å². The van der Waals surface area contributed by atoms with E-state index in [1.165, 1.54) is 23.5 Å². The summed E-state index contributed by atoms with van der Waals surface area (Å²) < 4.78 is 10.3. The highest BCUT2D eigenvalue weighted by Gasteiger charge is 1.98. The van der Waals surface area contributed by atoms with Crippen LogP contribution in [0.4, 0.5) is 5.82 Å². The molecule has 2 aromatic carbocycles. The van der Waals surface area contributed by atoms with Crippen molar-refractivity contribution in [3.05, 3.63) is 54.1 Å². The number of methoxy groups -OCH3 is 1. The number of hydrogen-bond acceptors (Lipinski definition) is 5. The molecule has 1 heterocycles. The maximum Gasteiger partial charge on any atom is 0.144 e. The maximum absolute atomic E-state index is 5.58. The molecule has 0 saturated carbocycles. The molecule has 0 fully saturated rings. The van der Waals surface area contributed by atoms with E-state index >= 15 is 0 Å². The lowest BCUT2D eigenvalue weighted by Crippen LogP contribution is -2.13. The molecule has 0 spiro atoms. The van der Waals surface area contributed by atoms with Gasteiger partial charge in [0.05, 0.1) is 11.8 Å². The molecule has 0 aliphatic heterocycles. The third kappa shape index (κ3) is 5.23. The summed E-state index contributed by atoms with van der Waals surface area (Å²) in [6.45, 7) is 4.15. The zero-order valence-corrected chi connectivity index (χ0v) is 14.4. The lowest BCUT2D eigenvalue weighted by molar-refractivity contribution is 0.414. The van der Waals surface area contributed by atoms with Gasteiger partial charge in [0.25, 0.3) is 0 Å². The predicted octanol–water partition coefficient (Wildman–Crippen LogP) is 4.07. The molecule has 1 aromatic heterocycles. The van der Waals surface area contributed by atoms with Gasteiger partial charge in [-0.25, -0.2) is 0 Å². The number of rotatable bonds is 5. The first kappa shape index (κ1) is 17.2. The second-order valence-corrected chi connectivity index (χ2v) is 5.90. The van der Waals surface area contributed by atoms with Crippen molar-refractivity contribution in [3.63, 3.8) is 0 Å². The summed E-state index contributed by atoms with van der Waals surface area (Å²) in [5.41, 5.74) is 6.85. The number of benzene rings is 2. The molecule has 0 aliphatic rings. The summed E-state index contributed by atoms with van der Waals surface area (Å²) in [5.74, 6) is 1.57.